The van der Waals surface area contributed by atoms with Gasteiger partial charge in [-0.1, -0.05) is 43.6 Å². The molecular weight excluding hydrogens is 472 g/mol. The first-order valence-corrected chi connectivity index (χ1v) is 12.7. The molecule has 3 heterocycles. The number of pyridine rings is 1. The van der Waals surface area contributed by atoms with Gasteiger partial charge in [-0.05, 0) is 97.7 Å². The van der Waals surface area contributed by atoms with Crippen LogP contribution in [-0.2, 0) is 0 Å². The van der Waals surface area contributed by atoms with Gasteiger partial charge in [0.15, 0.2) is 5.11 Å². The van der Waals surface area contributed by atoms with Crippen LogP contribution < -0.4 is 10.2 Å². The summed E-state index contributed by atoms with van der Waals surface area (Å²) in [5.41, 5.74) is 7.99. The maximum absolute atomic E-state index is 6.16. The maximum Gasteiger partial charge on any atom is 0.174 e. The smallest absolute Gasteiger partial charge is 0.174 e. The first-order chi connectivity index (χ1) is 16.8. The topological polar surface area (TPSA) is 33.1 Å². The fourth-order valence-electron chi connectivity index (χ4n) is 5.04. The molecular formula is C29H29ClN4S. The van der Waals surface area contributed by atoms with Crippen molar-refractivity contribution < 1.29 is 0 Å². The van der Waals surface area contributed by atoms with E-state index in [2.05, 4.69) is 91.0 Å². The number of thiocarbonyl (C=S) groups is 1. The number of hydrogen-bond donors (Lipinski definition) is 1. The highest BCUT2D eigenvalue weighted by Crippen LogP contribution is 2.44. The highest BCUT2D eigenvalue weighted by atomic mass is 35.5. The van der Waals surface area contributed by atoms with Gasteiger partial charge in [0, 0.05) is 34.0 Å². The Morgan fingerprint density at radius 1 is 0.943 bits per heavy atom. The predicted molar refractivity (Wildman–Crippen MR) is 149 cm³/mol. The normalized spacial score (nSPS) is 17.8. The minimum atomic E-state index is -0.0763. The lowest BCUT2D eigenvalue weighted by Gasteiger charge is -2.28. The third-order valence-corrected chi connectivity index (χ3v) is 7.38. The second-order valence-corrected chi connectivity index (χ2v) is 10.2. The Morgan fingerprint density at radius 2 is 1.63 bits per heavy atom. The van der Waals surface area contributed by atoms with E-state index >= 15 is 0 Å². The van der Waals surface area contributed by atoms with Crippen LogP contribution in [0.15, 0.2) is 79.0 Å². The Balaban J connectivity index is 1.65. The summed E-state index contributed by atoms with van der Waals surface area (Å²) in [4.78, 5) is 6.94. The van der Waals surface area contributed by atoms with Crippen molar-refractivity contribution in [2.75, 3.05) is 4.90 Å². The van der Waals surface area contributed by atoms with Crippen molar-refractivity contribution in [3.05, 3.63) is 112 Å². The second-order valence-electron chi connectivity index (χ2n) is 9.38. The molecule has 6 heteroatoms. The number of rotatable bonds is 5. The molecule has 1 saturated heterocycles. The molecule has 1 fully saturated rings. The number of benzene rings is 2. The Kier molecular flexibility index (Phi) is 6.39. The molecule has 0 radical (unpaired) electrons. The molecule has 4 aromatic rings. The number of nitrogens with one attached hydrogen (secondary N) is 1. The van der Waals surface area contributed by atoms with E-state index in [0.717, 1.165) is 27.8 Å². The van der Waals surface area contributed by atoms with Crippen molar-refractivity contribution in [1.29, 1.82) is 0 Å². The standard InChI is InChI=1S/C29H29ClN4S/c1-18(2)21-8-12-24(13-9-21)34-28(27(32-29(34)35)26-7-5-6-16-31-26)25-17-19(3)33(20(25)4)23-14-10-22(30)11-15-23/h5-18,27-28H,1-4H3,(H,32,35). The van der Waals surface area contributed by atoms with Crippen molar-refractivity contribution in [3.63, 3.8) is 0 Å². The van der Waals surface area contributed by atoms with Crippen LogP contribution in [0.3, 0.4) is 0 Å². The summed E-state index contributed by atoms with van der Waals surface area (Å²) < 4.78 is 2.28. The zero-order chi connectivity index (χ0) is 24.7. The molecule has 2 aromatic carbocycles. The van der Waals surface area contributed by atoms with E-state index in [1.54, 1.807) is 0 Å². The van der Waals surface area contributed by atoms with Crippen LogP contribution in [0.4, 0.5) is 5.69 Å². The number of aromatic nitrogens is 2. The molecule has 0 spiro atoms. The van der Waals surface area contributed by atoms with E-state index < -0.39 is 0 Å². The zero-order valence-electron chi connectivity index (χ0n) is 20.4. The minimum Gasteiger partial charge on any atom is -0.351 e. The van der Waals surface area contributed by atoms with E-state index in [4.69, 9.17) is 28.8 Å². The fourth-order valence-corrected chi connectivity index (χ4v) is 5.52. The Labute approximate surface area is 217 Å². The summed E-state index contributed by atoms with van der Waals surface area (Å²) in [6.07, 6.45) is 1.84. The van der Waals surface area contributed by atoms with Gasteiger partial charge in [-0.25, -0.2) is 0 Å². The quantitative estimate of drug-likeness (QED) is 0.288. The zero-order valence-corrected chi connectivity index (χ0v) is 21.9. The molecule has 0 amide bonds. The monoisotopic (exact) mass is 500 g/mol. The van der Waals surface area contributed by atoms with Gasteiger partial charge in [-0.15, -0.1) is 0 Å². The highest BCUT2D eigenvalue weighted by Gasteiger charge is 2.42. The van der Waals surface area contributed by atoms with Crippen LogP contribution >= 0.6 is 23.8 Å². The molecule has 0 saturated carbocycles. The van der Waals surface area contributed by atoms with Gasteiger partial charge >= 0.3 is 0 Å². The molecule has 5 rings (SSSR count). The SMILES string of the molecule is Cc1cc(C2C(c3ccccn3)NC(=S)N2c2ccc(C(C)C)cc2)c(C)n1-c1ccc(Cl)cc1. The minimum absolute atomic E-state index is 0.0467. The molecule has 2 atom stereocenters. The van der Waals surface area contributed by atoms with Gasteiger partial charge in [0.1, 0.15) is 0 Å². The first kappa shape index (κ1) is 23.6. The summed E-state index contributed by atoms with van der Waals surface area (Å²) in [6, 6.07) is 24.9. The third-order valence-electron chi connectivity index (χ3n) is 6.81. The van der Waals surface area contributed by atoms with E-state index in [1.165, 1.54) is 16.8 Å². The lowest BCUT2D eigenvalue weighted by atomic mass is 9.96. The lowest BCUT2D eigenvalue weighted by molar-refractivity contribution is 0.565. The number of aryl methyl sites for hydroxylation is 1. The molecule has 1 aliphatic heterocycles. The van der Waals surface area contributed by atoms with Gasteiger partial charge in [0.2, 0.25) is 0 Å². The molecule has 0 aliphatic carbocycles. The van der Waals surface area contributed by atoms with E-state index in [1.807, 2.05) is 30.5 Å². The second kappa shape index (κ2) is 9.48. The molecule has 0 bridgehead atoms. The number of anilines is 1. The van der Waals surface area contributed by atoms with Crippen molar-refractivity contribution >= 4 is 34.6 Å². The lowest BCUT2D eigenvalue weighted by Crippen LogP contribution is -2.29. The van der Waals surface area contributed by atoms with E-state index in [9.17, 15) is 0 Å². The van der Waals surface area contributed by atoms with E-state index in [-0.39, 0.29) is 12.1 Å². The van der Waals surface area contributed by atoms with Crippen LogP contribution in [0.1, 0.15) is 60.1 Å². The summed E-state index contributed by atoms with van der Waals surface area (Å²) in [5.74, 6) is 0.475. The third kappa shape index (κ3) is 4.35. The van der Waals surface area contributed by atoms with Crippen LogP contribution in [0.25, 0.3) is 5.69 Å². The van der Waals surface area contributed by atoms with Crippen molar-refractivity contribution in [2.24, 2.45) is 0 Å². The van der Waals surface area contributed by atoms with Gasteiger partial charge in [0.25, 0.3) is 0 Å². The number of hydrogen-bond acceptors (Lipinski definition) is 2. The van der Waals surface area contributed by atoms with Crippen LogP contribution in [-0.4, -0.2) is 14.7 Å². The van der Waals surface area contributed by atoms with Crippen molar-refractivity contribution in [2.45, 2.75) is 45.7 Å². The molecule has 4 nitrogen and oxygen atoms in total. The Hall–Kier alpha value is -3.15. The average molecular weight is 501 g/mol. The van der Waals surface area contributed by atoms with Crippen molar-refractivity contribution in [1.82, 2.24) is 14.9 Å². The predicted octanol–water partition coefficient (Wildman–Crippen LogP) is 7.44. The largest absolute Gasteiger partial charge is 0.351 e. The highest BCUT2D eigenvalue weighted by molar-refractivity contribution is 7.80. The maximum atomic E-state index is 6.16. The van der Waals surface area contributed by atoms with Crippen molar-refractivity contribution in [3.8, 4) is 5.69 Å². The molecule has 178 valence electrons. The summed E-state index contributed by atoms with van der Waals surface area (Å²) >= 11 is 12.1. The number of nitrogens with zero attached hydrogens (tertiary/aromatic N) is 3. The summed E-state index contributed by atoms with van der Waals surface area (Å²) in [7, 11) is 0. The van der Waals surface area contributed by atoms with Gasteiger partial charge in [-0.3, -0.25) is 4.98 Å². The van der Waals surface area contributed by atoms with E-state index in [0.29, 0.717) is 11.0 Å². The van der Waals surface area contributed by atoms with Gasteiger partial charge in [0.05, 0.1) is 17.8 Å². The molecule has 35 heavy (non-hydrogen) atoms. The first-order valence-electron chi connectivity index (χ1n) is 11.9. The number of halogens is 1. The van der Waals surface area contributed by atoms with Crippen LogP contribution in [0.2, 0.25) is 5.02 Å². The Bertz CT molecular complexity index is 1340. The van der Waals surface area contributed by atoms with Crippen LogP contribution in [0.5, 0.6) is 0 Å². The summed E-state index contributed by atoms with van der Waals surface area (Å²) in [5, 5.41) is 5.01. The summed E-state index contributed by atoms with van der Waals surface area (Å²) in [6.45, 7) is 8.74. The van der Waals surface area contributed by atoms with Gasteiger partial charge in [-0.2, -0.15) is 0 Å². The molecule has 2 unspecified atom stereocenters. The van der Waals surface area contributed by atoms with Crippen LogP contribution in [0, 0.1) is 13.8 Å². The molecule has 1 N–H and O–H groups in total. The Morgan fingerprint density at radius 3 is 2.26 bits per heavy atom. The average Bonchev–Trinajstić information content (AvgIpc) is 3.35. The molecule has 2 aromatic heterocycles. The van der Waals surface area contributed by atoms with Gasteiger partial charge < -0.3 is 14.8 Å². The molecule has 1 aliphatic rings. The fraction of sp³-hybridized carbons (Fsp3) is 0.241.